The maximum absolute atomic E-state index is 12.7. The molecule has 0 unspecified atom stereocenters. The quantitative estimate of drug-likeness (QED) is 0.739. The number of halogens is 5. The molecule has 0 N–H and O–H groups in total. The van der Waals surface area contributed by atoms with E-state index in [9.17, 15) is 13.2 Å². The molecule has 0 aromatic carbocycles. The molecule has 19 heavy (non-hydrogen) atoms. The van der Waals surface area contributed by atoms with Crippen LogP contribution in [0.2, 0.25) is 10.2 Å². The number of rotatable bonds is 1. The van der Waals surface area contributed by atoms with Gasteiger partial charge in [-0.15, -0.1) is 0 Å². The zero-order valence-electron chi connectivity index (χ0n) is 9.89. The van der Waals surface area contributed by atoms with Crippen LogP contribution >= 0.6 is 23.2 Å². The first-order chi connectivity index (χ1) is 8.70. The van der Waals surface area contributed by atoms with E-state index in [0.29, 0.717) is 16.4 Å². The molecule has 2 aromatic rings. The first-order valence-corrected chi connectivity index (χ1v) is 5.92. The van der Waals surface area contributed by atoms with Crippen molar-refractivity contribution in [2.45, 2.75) is 20.0 Å². The van der Waals surface area contributed by atoms with Crippen molar-refractivity contribution in [1.29, 1.82) is 0 Å². The van der Waals surface area contributed by atoms with Gasteiger partial charge in [-0.25, -0.2) is 9.67 Å². The first-order valence-electron chi connectivity index (χ1n) is 5.17. The average Bonchev–Trinajstić information content (AvgIpc) is 2.55. The predicted molar refractivity (Wildman–Crippen MR) is 65.9 cm³/mol. The number of alkyl halides is 3. The van der Waals surface area contributed by atoms with Crippen molar-refractivity contribution in [3.05, 3.63) is 39.3 Å². The van der Waals surface area contributed by atoms with E-state index < -0.39 is 11.7 Å². The van der Waals surface area contributed by atoms with Crippen molar-refractivity contribution >= 4 is 23.2 Å². The number of aromatic nitrogens is 3. The third-order valence-electron chi connectivity index (χ3n) is 2.53. The summed E-state index contributed by atoms with van der Waals surface area (Å²) < 4.78 is 39.4. The first kappa shape index (κ1) is 14.1. The van der Waals surface area contributed by atoms with E-state index in [-0.39, 0.29) is 11.0 Å². The Morgan fingerprint density at radius 3 is 2.26 bits per heavy atom. The predicted octanol–water partition coefficient (Wildman–Crippen LogP) is 4.21. The van der Waals surface area contributed by atoms with Crippen molar-refractivity contribution in [2.75, 3.05) is 0 Å². The van der Waals surface area contributed by atoms with Gasteiger partial charge >= 0.3 is 6.18 Å². The number of hydrogen-bond acceptors (Lipinski definition) is 2. The van der Waals surface area contributed by atoms with Crippen LogP contribution in [0.25, 0.3) is 5.82 Å². The fourth-order valence-electron chi connectivity index (χ4n) is 1.60. The maximum Gasteiger partial charge on any atom is 0.416 e. The van der Waals surface area contributed by atoms with Crippen molar-refractivity contribution in [1.82, 2.24) is 14.8 Å². The molecule has 0 amide bonds. The zero-order valence-corrected chi connectivity index (χ0v) is 11.4. The Balaban J connectivity index is 2.63. The topological polar surface area (TPSA) is 30.7 Å². The van der Waals surface area contributed by atoms with E-state index in [1.807, 2.05) is 0 Å². The normalized spacial score (nSPS) is 11.9. The van der Waals surface area contributed by atoms with Gasteiger partial charge < -0.3 is 0 Å². The summed E-state index contributed by atoms with van der Waals surface area (Å²) in [7, 11) is 0. The molecule has 0 radical (unpaired) electrons. The summed E-state index contributed by atoms with van der Waals surface area (Å²) in [6, 6.07) is 1.64. The standard InChI is InChI=1S/C11H8Cl2F3N3/c1-5-10(13)6(2)19(18-5)9-4-7(11(14,15)16)3-8(12)17-9/h3-4H,1-2H3. The second kappa shape index (κ2) is 4.68. The van der Waals surface area contributed by atoms with Gasteiger partial charge in [0.15, 0.2) is 5.82 Å². The highest BCUT2D eigenvalue weighted by Gasteiger charge is 2.32. The number of pyridine rings is 1. The Bertz CT molecular complexity index is 635. The van der Waals surface area contributed by atoms with Crippen LogP contribution in [-0.4, -0.2) is 14.8 Å². The molecule has 0 spiro atoms. The van der Waals surface area contributed by atoms with Gasteiger partial charge in [-0.3, -0.25) is 0 Å². The maximum atomic E-state index is 12.7. The minimum absolute atomic E-state index is 0.0210. The molecule has 2 rings (SSSR count). The van der Waals surface area contributed by atoms with Crippen LogP contribution in [0.3, 0.4) is 0 Å². The van der Waals surface area contributed by atoms with Gasteiger partial charge in [0, 0.05) is 0 Å². The summed E-state index contributed by atoms with van der Waals surface area (Å²) in [4.78, 5) is 3.84. The minimum atomic E-state index is -4.50. The monoisotopic (exact) mass is 309 g/mol. The number of hydrogen-bond donors (Lipinski definition) is 0. The van der Waals surface area contributed by atoms with E-state index in [1.54, 1.807) is 13.8 Å². The van der Waals surface area contributed by atoms with E-state index >= 15 is 0 Å². The highest BCUT2D eigenvalue weighted by Crippen LogP contribution is 2.32. The van der Waals surface area contributed by atoms with Crippen LogP contribution in [0, 0.1) is 13.8 Å². The molecule has 2 aromatic heterocycles. The molecule has 102 valence electrons. The van der Waals surface area contributed by atoms with Crippen LogP contribution in [0.1, 0.15) is 17.0 Å². The van der Waals surface area contributed by atoms with Gasteiger partial charge in [0.1, 0.15) is 5.15 Å². The van der Waals surface area contributed by atoms with Gasteiger partial charge in [-0.05, 0) is 26.0 Å². The van der Waals surface area contributed by atoms with E-state index in [2.05, 4.69) is 10.1 Å². The number of nitrogens with zero attached hydrogens (tertiary/aromatic N) is 3. The van der Waals surface area contributed by atoms with Crippen molar-refractivity contribution in [3.8, 4) is 5.82 Å². The highest BCUT2D eigenvalue weighted by molar-refractivity contribution is 6.31. The molecular formula is C11H8Cl2F3N3. The van der Waals surface area contributed by atoms with E-state index in [4.69, 9.17) is 23.2 Å². The van der Waals surface area contributed by atoms with Crippen LogP contribution in [0.15, 0.2) is 12.1 Å². The molecule has 8 heteroatoms. The smallest absolute Gasteiger partial charge is 0.218 e. The average molecular weight is 310 g/mol. The molecule has 0 aliphatic rings. The Kier molecular flexibility index (Phi) is 3.49. The fourth-order valence-corrected chi connectivity index (χ4v) is 1.92. The summed E-state index contributed by atoms with van der Waals surface area (Å²) in [6.45, 7) is 3.29. The van der Waals surface area contributed by atoms with Crippen LogP contribution in [0.5, 0.6) is 0 Å². The van der Waals surface area contributed by atoms with E-state index in [0.717, 1.165) is 12.1 Å². The summed E-state index contributed by atoms with van der Waals surface area (Å²) in [5.74, 6) is -0.0210. The van der Waals surface area contributed by atoms with Gasteiger partial charge in [0.2, 0.25) is 0 Å². The zero-order chi connectivity index (χ0) is 14.4. The second-order valence-electron chi connectivity index (χ2n) is 3.93. The van der Waals surface area contributed by atoms with Gasteiger partial charge in [-0.1, -0.05) is 23.2 Å². The Morgan fingerprint density at radius 2 is 1.79 bits per heavy atom. The number of aryl methyl sites for hydroxylation is 1. The lowest BCUT2D eigenvalue weighted by molar-refractivity contribution is -0.137. The van der Waals surface area contributed by atoms with Crippen LogP contribution in [0.4, 0.5) is 13.2 Å². The summed E-state index contributed by atoms with van der Waals surface area (Å²) >= 11 is 11.6. The third kappa shape index (κ3) is 2.69. The van der Waals surface area contributed by atoms with Crippen molar-refractivity contribution in [3.63, 3.8) is 0 Å². The van der Waals surface area contributed by atoms with Gasteiger partial charge in [-0.2, -0.15) is 18.3 Å². The molecule has 2 heterocycles. The molecule has 0 aliphatic heterocycles. The molecule has 0 saturated carbocycles. The lowest BCUT2D eigenvalue weighted by Crippen LogP contribution is -2.09. The largest absolute Gasteiger partial charge is 0.416 e. The lowest BCUT2D eigenvalue weighted by Gasteiger charge is -2.10. The lowest BCUT2D eigenvalue weighted by atomic mass is 10.2. The SMILES string of the molecule is Cc1nn(-c2cc(C(F)(F)F)cc(Cl)n2)c(C)c1Cl. The Hall–Kier alpha value is -1.27. The van der Waals surface area contributed by atoms with Crippen LogP contribution in [-0.2, 0) is 6.18 Å². The molecule has 0 saturated heterocycles. The molecule has 0 bridgehead atoms. The second-order valence-corrected chi connectivity index (χ2v) is 4.70. The highest BCUT2D eigenvalue weighted by atomic mass is 35.5. The minimum Gasteiger partial charge on any atom is -0.218 e. The molecule has 0 atom stereocenters. The molecule has 0 fully saturated rings. The van der Waals surface area contributed by atoms with Crippen molar-refractivity contribution < 1.29 is 13.2 Å². The van der Waals surface area contributed by atoms with Crippen LogP contribution < -0.4 is 0 Å². The Morgan fingerprint density at radius 1 is 1.16 bits per heavy atom. The molecular weight excluding hydrogens is 302 g/mol. The molecule has 3 nitrogen and oxygen atoms in total. The Labute approximate surface area is 117 Å². The van der Waals surface area contributed by atoms with Crippen molar-refractivity contribution in [2.24, 2.45) is 0 Å². The summed E-state index contributed by atoms with van der Waals surface area (Å²) in [5, 5.41) is 4.17. The summed E-state index contributed by atoms with van der Waals surface area (Å²) in [5.41, 5.74) is 0.128. The molecule has 0 aliphatic carbocycles. The summed E-state index contributed by atoms with van der Waals surface area (Å²) in [6.07, 6.45) is -4.50. The van der Waals surface area contributed by atoms with Gasteiger partial charge in [0.05, 0.1) is 22.0 Å². The fraction of sp³-hybridized carbons (Fsp3) is 0.273. The van der Waals surface area contributed by atoms with Gasteiger partial charge in [0.25, 0.3) is 0 Å². The van der Waals surface area contributed by atoms with E-state index in [1.165, 1.54) is 4.68 Å². The third-order valence-corrected chi connectivity index (χ3v) is 3.27.